The van der Waals surface area contributed by atoms with E-state index in [-0.39, 0.29) is 11.7 Å². The molecule has 0 saturated carbocycles. The molecule has 0 radical (unpaired) electrons. The number of aryl methyl sites for hydroxylation is 1. The average Bonchev–Trinajstić information content (AvgIpc) is 2.73. The minimum atomic E-state index is -0.994. The number of rotatable bonds is 9. The molecular weight excluding hydrogens is 404 g/mol. The number of amides is 2. The number of thioether (sulfide) groups is 1. The summed E-state index contributed by atoms with van der Waals surface area (Å²) in [6, 6.07) is 14.4. The largest absolute Gasteiger partial charge is 0.495 e. The van der Waals surface area contributed by atoms with Gasteiger partial charge in [-0.05, 0) is 45.0 Å². The van der Waals surface area contributed by atoms with Crippen LogP contribution in [0.15, 0.2) is 48.5 Å². The van der Waals surface area contributed by atoms with Crippen molar-refractivity contribution in [1.82, 2.24) is 0 Å². The summed E-state index contributed by atoms with van der Waals surface area (Å²) in [5.41, 5.74) is 2.29. The van der Waals surface area contributed by atoms with E-state index < -0.39 is 23.2 Å². The minimum absolute atomic E-state index is 0.0892. The molecule has 2 aromatic rings. The Hall–Kier alpha value is -3.00. The third-order valence-corrected chi connectivity index (χ3v) is 5.28. The highest BCUT2D eigenvalue weighted by atomic mass is 32.2. The van der Waals surface area contributed by atoms with Gasteiger partial charge in [-0.1, -0.05) is 29.8 Å². The molecule has 0 aromatic heterocycles. The molecule has 2 unspecified atom stereocenters. The van der Waals surface area contributed by atoms with Crippen LogP contribution in [0, 0.1) is 6.92 Å². The van der Waals surface area contributed by atoms with E-state index in [9.17, 15) is 14.4 Å². The molecule has 2 aromatic carbocycles. The maximum absolute atomic E-state index is 12.3. The molecule has 2 N–H and O–H groups in total. The van der Waals surface area contributed by atoms with Crippen LogP contribution >= 0.6 is 11.8 Å². The Kier molecular flexibility index (Phi) is 8.73. The van der Waals surface area contributed by atoms with Crippen LogP contribution in [0.25, 0.3) is 0 Å². The molecule has 0 spiro atoms. The fourth-order valence-corrected chi connectivity index (χ4v) is 3.07. The van der Waals surface area contributed by atoms with Crippen LogP contribution in [0.1, 0.15) is 19.4 Å². The lowest BCUT2D eigenvalue weighted by atomic mass is 10.2. The Balaban J connectivity index is 1.79. The van der Waals surface area contributed by atoms with Crippen molar-refractivity contribution in [3.05, 3.63) is 54.1 Å². The number of benzene rings is 2. The van der Waals surface area contributed by atoms with Crippen molar-refractivity contribution >= 4 is 40.9 Å². The maximum atomic E-state index is 12.3. The van der Waals surface area contributed by atoms with Crippen LogP contribution in [0.3, 0.4) is 0 Å². The standard InChI is InChI=1S/C22H26N2O5S/c1-14-9-11-17(12-10-14)23-20(25)13-30-16(3)22(27)29-15(2)21(26)24-18-7-5-6-8-19(18)28-4/h5-12,15-16H,13H2,1-4H3,(H,23,25)(H,24,26). The highest BCUT2D eigenvalue weighted by Crippen LogP contribution is 2.23. The van der Waals surface area contributed by atoms with Crippen molar-refractivity contribution in [2.24, 2.45) is 0 Å². The van der Waals surface area contributed by atoms with E-state index in [2.05, 4.69) is 10.6 Å². The number of para-hydroxylation sites is 2. The molecule has 30 heavy (non-hydrogen) atoms. The summed E-state index contributed by atoms with van der Waals surface area (Å²) in [6.07, 6.45) is -0.994. The number of ether oxygens (including phenoxy) is 2. The molecule has 0 saturated heterocycles. The number of nitrogens with one attached hydrogen (secondary N) is 2. The monoisotopic (exact) mass is 430 g/mol. The zero-order valence-corrected chi connectivity index (χ0v) is 18.2. The molecule has 0 bridgehead atoms. The van der Waals surface area contributed by atoms with Gasteiger partial charge in [-0.2, -0.15) is 0 Å². The minimum Gasteiger partial charge on any atom is -0.495 e. The Morgan fingerprint density at radius 1 is 1.00 bits per heavy atom. The summed E-state index contributed by atoms with van der Waals surface area (Å²) in [4.78, 5) is 36.6. The lowest BCUT2D eigenvalue weighted by molar-refractivity contribution is -0.152. The Bertz CT molecular complexity index is 885. The van der Waals surface area contributed by atoms with Crippen LogP contribution in [0.2, 0.25) is 0 Å². The van der Waals surface area contributed by atoms with E-state index >= 15 is 0 Å². The van der Waals surface area contributed by atoms with Gasteiger partial charge in [0, 0.05) is 5.69 Å². The first-order valence-corrected chi connectivity index (χ1v) is 10.5. The number of esters is 1. The first-order valence-electron chi connectivity index (χ1n) is 9.42. The molecule has 8 heteroatoms. The number of anilines is 2. The number of methoxy groups -OCH3 is 1. The van der Waals surface area contributed by atoms with Crippen molar-refractivity contribution in [2.75, 3.05) is 23.5 Å². The van der Waals surface area contributed by atoms with Crippen LogP contribution in [-0.2, 0) is 19.1 Å². The van der Waals surface area contributed by atoms with Crippen molar-refractivity contribution in [2.45, 2.75) is 32.1 Å². The summed E-state index contributed by atoms with van der Waals surface area (Å²) >= 11 is 1.14. The second-order valence-corrected chi connectivity index (χ2v) is 7.97. The lowest BCUT2D eigenvalue weighted by Gasteiger charge is -2.17. The van der Waals surface area contributed by atoms with Crippen LogP contribution in [0.5, 0.6) is 5.75 Å². The zero-order valence-electron chi connectivity index (χ0n) is 17.4. The van der Waals surface area contributed by atoms with Crippen molar-refractivity contribution < 1.29 is 23.9 Å². The fraction of sp³-hybridized carbons (Fsp3) is 0.318. The molecule has 2 atom stereocenters. The van der Waals surface area contributed by atoms with E-state index in [1.165, 1.54) is 14.0 Å². The first-order chi connectivity index (χ1) is 14.3. The molecule has 2 rings (SSSR count). The van der Waals surface area contributed by atoms with Gasteiger partial charge in [-0.15, -0.1) is 11.8 Å². The van der Waals surface area contributed by atoms with E-state index in [1.54, 1.807) is 31.2 Å². The Morgan fingerprint density at radius 2 is 1.67 bits per heavy atom. The highest BCUT2D eigenvalue weighted by molar-refractivity contribution is 8.01. The normalized spacial score (nSPS) is 12.4. The van der Waals surface area contributed by atoms with Gasteiger partial charge in [0.1, 0.15) is 11.0 Å². The quantitative estimate of drug-likeness (QED) is 0.590. The van der Waals surface area contributed by atoms with Crippen LogP contribution in [0.4, 0.5) is 11.4 Å². The summed E-state index contributed by atoms with van der Waals surface area (Å²) < 4.78 is 10.4. The topological polar surface area (TPSA) is 93.7 Å². The van der Waals surface area contributed by atoms with Gasteiger partial charge in [-0.25, -0.2) is 0 Å². The molecule has 160 valence electrons. The van der Waals surface area contributed by atoms with Crippen LogP contribution in [-0.4, -0.2) is 42.0 Å². The molecule has 0 fully saturated rings. The molecule has 2 amide bonds. The summed E-state index contributed by atoms with van der Waals surface area (Å²) in [5.74, 6) is -0.655. The van der Waals surface area contributed by atoms with Crippen molar-refractivity contribution in [1.29, 1.82) is 0 Å². The number of carbonyl (C=O) groups excluding carboxylic acids is 3. The van der Waals surface area contributed by atoms with Crippen LogP contribution < -0.4 is 15.4 Å². The summed E-state index contributed by atoms with van der Waals surface area (Å²) in [6.45, 7) is 5.09. The van der Waals surface area contributed by atoms with Gasteiger partial charge in [-0.3, -0.25) is 14.4 Å². The molecular formula is C22H26N2O5S. The van der Waals surface area contributed by atoms with E-state index in [0.717, 1.165) is 17.3 Å². The molecule has 0 aliphatic carbocycles. The van der Waals surface area contributed by atoms with Gasteiger partial charge in [0.25, 0.3) is 5.91 Å². The number of carbonyl (C=O) groups is 3. The third-order valence-electron chi connectivity index (χ3n) is 4.16. The number of hydrogen-bond acceptors (Lipinski definition) is 6. The SMILES string of the molecule is COc1ccccc1NC(=O)C(C)OC(=O)C(C)SCC(=O)Nc1ccc(C)cc1. The second kappa shape index (κ2) is 11.3. The van der Waals surface area contributed by atoms with Gasteiger partial charge >= 0.3 is 5.97 Å². The summed E-state index contributed by atoms with van der Waals surface area (Å²) in [7, 11) is 1.50. The van der Waals surface area contributed by atoms with Gasteiger partial charge < -0.3 is 20.1 Å². The first kappa shape index (κ1) is 23.3. The van der Waals surface area contributed by atoms with Gasteiger partial charge in [0.2, 0.25) is 5.91 Å². The summed E-state index contributed by atoms with van der Waals surface area (Å²) in [5, 5.41) is 4.85. The van der Waals surface area contributed by atoms with Gasteiger partial charge in [0.05, 0.1) is 18.6 Å². The van der Waals surface area contributed by atoms with Gasteiger partial charge in [0.15, 0.2) is 6.10 Å². The zero-order chi connectivity index (χ0) is 22.1. The smallest absolute Gasteiger partial charge is 0.319 e. The average molecular weight is 431 g/mol. The van der Waals surface area contributed by atoms with E-state index in [1.807, 2.05) is 31.2 Å². The van der Waals surface area contributed by atoms with Crippen molar-refractivity contribution in [3.8, 4) is 5.75 Å². The third kappa shape index (κ3) is 7.11. The molecule has 0 aliphatic rings. The Morgan fingerprint density at radius 3 is 2.33 bits per heavy atom. The van der Waals surface area contributed by atoms with E-state index in [4.69, 9.17) is 9.47 Å². The predicted octanol–water partition coefficient (Wildman–Crippen LogP) is 3.63. The fourth-order valence-electron chi connectivity index (χ4n) is 2.41. The molecule has 7 nitrogen and oxygen atoms in total. The molecule has 0 heterocycles. The second-order valence-electron chi connectivity index (χ2n) is 6.64. The molecule has 0 aliphatic heterocycles. The Labute approximate surface area is 180 Å². The number of hydrogen-bond donors (Lipinski definition) is 2. The predicted molar refractivity (Wildman–Crippen MR) is 119 cm³/mol. The van der Waals surface area contributed by atoms with E-state index in [0.29, 0.717) is 17.1 Å². The maximum Gasteiger partial charge on any atom is 0.319 e. The lowest BCUT2D eigenvalue weighted by Crippen LogP contribution is -2.33. The highest BCUT2D eigenvalue weighted by Gasteiger charge is 2.23. The van der Waals surface area contributed by atoms with Crippen molar-refractivity contribution in [3.63, 3.8) is 0 Å².